The third-order valence-electron chi connectivity index (χ3n) is 6.18. The summed E-state index contributed by atoms with van der Waals surface area (Å²) < 4.78 is 83.9. The fourth-order valence-electron chi connectivity index (χ4n) is 4.32. The second-order valence-electron chi connectivity index (χ2n) is 8.67. The van der Waals surface area contributed by atoms with Gasteiger partial charge in [0.05, 0.1) is 23.2 Å². The van der Waals surface area contributed by atoms with Crippen LogP contribution in [0.5, 0.6) is 0 Å². The number of likely N-dealkylation sites (tertiary alicyclic amines) is 1. The summed E-state index contributed by atoms with van der Waals surface area (Å²) in [5.41, 5.74) is -0.558. The molecule has 0 saturated carbocycles. The topological polar surface area (TPSA) is 46.6 Å². The zero-order valence-corrected chi connectivity index (χ0v) is 19.2. The van der Waals surface area contributed by atoms with Gasteiger partial charge in [0.2, 0.25) is 0 Å². The molecule has 0 unspecified atom stereocenters. The molecule has 1 heterocycles. The number of Topliss-reactive ketones (excluding diaryl/α,β-unsaturated/α-hetero) is 1. The highest BCUT2D eigenvalue weighted by molar-refractivity contribution is 5.83. The molecule has 0 spiro atoms. The van der Waals surface area contributed by atoms with Crippen molar-refractivity contribution in [2.75, 3.05) is 0 Å². The molecule has 10 heteroatoms. The van der Waals surface area contributed by atoms with Crippen LogP contribution in [0.25, 0.3) is 0 Å². The highest BCUT2D eigenvalue weighted by atomic mass is 19.4. The molecule has 0 aromatic heterocycles. The van der Waals surface area contributed by atoms with Crippen LogP contribution in [0.1, 0.15) is 52.7 Å². The third-order valence-corrected chi connectivity index (χ3v) is 6.18. The number of ether oxygens (including phenoxy) is 1. The predicted molar refractivity (Wildman–Crippen MR) is 121 cm³/mol. The summed E-state index contributed by atoms with van der Waals surface area (Å²) in [7, 11) is 0. The molecular weight excluding hydrogens is 500 g/mol. The fourth-order valence-corrected chi connectivity index (χ4v) is 4.32. The van der Waals surface area contributed by atoms with Crippen LogP contribution in [0.15, 0.2) is 78.9 Å². The first-order valence-electron chi connectivity index (χ1n) is 11.3. The smallest absolute Gasteiger partial charge is 0.416 e. The number of alkyl halides is 6. The first-order chi connectivity index (χ1) is 17.4. The van der Waals surface area contributed by atoms with Crippen LogP contribution in [-0.2, 0) is 28.5 Å². The van der Waals surface area contributed by atoms with Crippen LogP contribution in [0.2, 0.25) is 0 Å². The minimum Gasteiger partial charge on any atom is -0.445 e. The van der Waals surface area contributed by atoms with Crippen molar-refractivity contribution < 1.29 is 40.7 Å². The number of hydrogen-bond donors (Lipinski definition) is 0. The average molecular weight is 521 g/mol. The van der Waals surface area contributed by atoms with Gasteiger partial charge < -0.3 is 4.74 Å². The van der Waals surface area contributed by atoms with Crippen molar-refractivity contribution in [2.45, 2.75) is 43.9 Å². The maximum Gasteiger partial charge on any atom is 0.416 e. The second kappa shape index (κ2) is 10.3. The van der Waals surface area contributed by atoms with Crippen LogP contribution in [0.4, 0.5) is 31.1 Å². The third kappa shape index (κ3) is 6.12. The molecule has 0 radical (unpaired) electrons. The van der Waals surface area contributed by atoms with E-state index in [1.807, 2.05) is 0 Å². The van der Waals surface area contributed by atoms with Crippen molar-refractivity contribution in [3.05, 3.63) is 107 Å². The Hall–Kier alpha value is -3.82. The van der Waals surface area contributed by atoms with Crippen molar-refractivity contribution in [3.63, 3.8) is 0 Å². The van der Waals surface area contributed by atoms with Gasteiger partial charge in [-0.1, -0.05) is 54.6 Å². The van der Waals surface area contributed by atoms with Crippen molar-refractivity contribution in [2.24, 2.45) is 0 Å². The van der Waals surface area contributed by atoms with Crippen LogP contribution in [-0.4, -0.2) is 16.8 Å². The number of carbonyl (C=O) groups is 2. The SMILES string of the molecule is O=C1C[C@H](c2ccc(C(F)(F)F)cc2)N(C(=O)OCc2ccccc2)[C@@H](c2ccc(C(F)(F)F)cc2)C1. The van der Waals surface area contributed by atoms with E-state index in [4.69, 9.17) is 4.74 Å². The largest absolute Gasteiger partial charge is 0.445 e. The van der Waals surface area contributed by atoms with E-state index < -0.39 is 41.7 Å². The minimum absolute atomic E-state index is 0.108. The Labute approximate surface area is 208 Å². The number of amides is 1. The van der Waals surface area contributed by atoms with Crippen molar-refractivity contribution in [1.82, 2.24) is 4.90 Å². The van der Waals surface area contributed by atoms with Crippen molar-refractivity contribution in [1.29, 1.82) is 0 Å². The molecule has 0 N–H and O–H groups in total. The number of rotatable bonds is 4. The van der Waals surface area contributed by atoms with E-state index in [0.717, 1.165) is 24.3 Å². The fraction of sp³-hybridized carbons (Fsp3) is 0.259. The number of piperidine rings is 1. The van der Waals surface area contributed by atoms with Gasteiger partial charge in [0.1, 0.15) is 12.4 Å². The van der Waals surface area contributed by atoms with Gasteiger partial charge >= 0.3 is 18.4 Å². The number of hydrogen-bond acceptors (Lipinski definition) is 3. The van der Waals surface area contributed by atoms with Gasteiger partial charge in [-0.2, -0.15) is 26.3 Å². The normalized spacial score (nSPS) is 18.5. The lowest BCUT2D eigenvalue weighted by molar-refractivity contribution is -0.138. The first kappa shape index (κ1) is 26.2. The van der Waals surface area contributed by atoms with E-state index >= 15 is 0 Å². The van der Waals surface area contributed by atoms with Gasteiger partial charge in [-0.25, -0.2) is 4.79 Å². The maximum atomic E-state index is 13.3. The zero-order valence-electron chi connectivity index (χ0n) is 19.2. The number of halogens is 6. The molecule has 4 rings (SSSR count). The molecule has 0 aliphatic carbocycles. The summed E-state index contributed by atoms with van der Waals surface area (Å²) in [6.45, 7) is -0.108. The Bertz CT molecular complexity index is 1170. The van der Waals surface area contributed by atoms with E-state index in [1.54, 1.807) is 30.3 Å². The summed E-state index contributed by atoms with van der Waals surface area (Å²) >= 11 is 0. The molecule has 194 valence electrons. The van der Waals surface area contributed by atoms with Crippen molar-refractivity contribution >= 4 is 11.9 Å². The number of ketones is 1. The highest BCUT2D eigenvalue weighted by Crippen LogP contribution is 2.42. The van der Waals surface area contributed by atoms with Crippen molar-refractivity contribution in [3.8, 4) is 0 Å². The van der Waals surface area contributed by atoms with E-state index in [-0.39, 0.29) is 36.4 Å². The van der Waals surface area contributed by atoms with Crippen LogP contribution in [0.3, 0.4) is 0 Å². The van der Waals surface area contributed by atoms with E-state index in [9.17, 15) is 35.9 Å². The van der Waals surface area contributed by atoms with E-state index in [1.165, 1.54) is 29.2 Å². The lowest BCUT2D eigenvalue weighted by atomic mass is 9.86. The molecule has 3 aromatic carbocycles. The second-order valence-corrected chi connectivity index (χ2v) is 8.67. The molecule has 3 aromatic rings. The molecule has 1 amide bonds. The molecule has 1 aliphatic rings. The molecule has 37 heavy (non-hydrogen) atoms. The zero-order chi connectivity index (χ0) is 26.8. The average Bonchev–Trinajstić information content (AvgIpc) is 2.86. The Balaban J connectivity index is 1.70. The van der Waals surface area contributed by atoms with Gasteiger partial charge in [0.25, 0.3) is 0 Å². The molecule has 4 nitrogen and oxygen atoms in total. The number of benzene rings is 3. The van der Waals surface area contributed by atoms with E-state index in [0.29, 0.717) is 5.56 Å². The van der Waals surface area contributed by atoms with Gasteiger partial charge in [-0.05, 0) is 41.0 Å². The molecular formula is C27H21F6NO3. The van der Waals surface area contributed by atoms with Crippen LogP contribution < -0.4 is 0 Å². The number of carbonyl (C=O) groups excluding carboxylic acids is 2. The summed E-state index contributed by atoms with van der Waals surface area (Å²) in [4.78, 5) is 27.3. The lowest BCUT2D eigenvalue weighted by Crippen LogP contribution is -2.44. The Kier molecular flexibility index (Phi) is 7.29. The van der Waals surface area contributed by atoms with Gasteiger partial charge in [0, 0.05) is 12.8 Å². The van der Waals surface area contributed by atoms with Gasteiger partial charge in [0.15, 0.2) is 0 Å². The molecule has 1 aliphatic heterocycles. The van der Waals surface area contributed by atoms with Gasteiger partial charge in [-0.15, -0.1) is 0 Å². The molecule has 1 saturated heterocycles. The molecule has 0 bridgehead atoms. The van der Waals surface area contributed by atoms with Crippen LogP contribution >= 0.6 is 0 Å². The van der Waals surface area contributed by atoms with E-state index in [2.05, 4.69) is 0 Å². The minimum atomic E-state index is -4.57. The maximum absolute atomic E-state index is 13.3. The summed E-state index contributed by atoms with van der Waals surface area (Å²) in [6.07, 6.45) is -10.3. The quantitative estimate of drug-likeness (QED) is 0.334. The number of nitrogens with zero attached hydrogens (tertiary/aromatic N) is 1. The Morgan fingerprint density at radius 3 is 1.57 bits per heavy atom. The predicted octanol–water partition coefficient (Wildman–Crippen LogP) is 7.51. The summed E-state index contributed by atoms with van der Waals surface area (Å²) in [5.74, 6) is -0.290. The highest BCUT2D eigenvalue weighted by Gasteiger charge is 2.41. The first-order valence-corrected chi connectivity index (χ1v) is 11.3. The standard InChI is InChI=1S/C27H21F6NO3/c28-26(29,30)20-10-6-18(7-11-20)23-14-22(35)15-24(19-8-12-21(13-9-19)27(31,32)33)34(23)25(36)37-16-17-4-2-1-3-5-17/h1-13,23-24H,14-16H2/t23-,24-/m1/s1. The summed E-state index contributed by atoms with van der Waals surface area (Å²) in [5, 5.41) is 0. The van der Waals surface area contributed by atoms with Crippen LogP contribution in [0, 0.1) is 0 Å². The van der Waals surface area contributed by atoms with Gasteiger partial charge in [-0.3, -0.25) is 9.69 Å². The Morgan fingerprint density at radius 1 is 0.730 bits per heavy atom. The lowest BCUT2D eigenvalue weighted by Gasteiger charge is -2.41. The molecule has 2 atom stereocenters. The summed E-state index contributed by atoms with van der Waals surface area (Å²) in [6, 6.07) is 15.0. The monoisotopic (exact) mass is 521 g/mol. The Morgan fingerprint density at radius 2 is 1.16 bits per heavy atom. The molecule has 1 fully saturated rings.